The first-order valence-electron chi connectivity index (χ1n) is 8.16. The number of urea groups is 1. The molecule has 1 aliphatic rings. The Balaban J connectivity index is 1.55. The summed E-state index contributed by atoms with van der Waals surface area (Å²) in [5.41, 5.74) is 0.690. The van der Waals surface area contributed by atoms with Crippen molar-refractivity contribution in [2.75, 3.05) is 25.1 Å². The summed E-state index contributed by atoms with van der Waals surface area (Å²) in [6.45, 7) is 2.57. The van der Waals surface area contributed by atoms with Crippen LogP contribution in [0.3, 0.4) is 0 Å². The highest BCUT2D eigenvalue weighted by atomic mass is 32.2. The van der Waals surface area contributed by atoms with Crippen molar-refractivity contribution in [1.82, 2.24) is 15.2 Å². The zero-order valence-corrected chi connectivity index (χ0v) is 15.3. The lowest BCUT2D eigenvalue weighted by molar-refractivity contribution is 0.127. The molecule has 7 nitrogen and oxygen atoms in total. The molecule has 1 fully saturated rings. The maximum Gasteiger partial charge on any atom is 0.318 e. The van der Waals surface area contributed by atoms with Gasteiger partial charge in [-0.1, -0.05) is 0 Å². The monoisotopic (exact) mass is 381 g/mol. The number of rotatable bonds is 5. The second kappa shape index (κ2) is 7.06. The number of likely N-dealkylation sites (tertiary alicyclic amines) is 1. The third kappa shape index (κ3) is 4.40. The lowest BCUT2D eigenvalue weighted by Crippen LogP contribution is -2.55. The third-order valence-electron chi connectivity index (χ3n) is 4.15. The summed E-state index contributed by atoms with van der Waals surface area (Å²) in [5.74, 6) is 0.562. The summed E-state index contributed by atoms with van der Waals surface area (Å²) in [4.78, 5) is 17.9. The smallest absolute Gasteiger partial charge is 0.318 e. The van der Waals surface area contributed by atoms with Crippen molar-refractivity contribution in [3.63, 3.8) is 0 Å². The van der Waals surface area contributed by atoms with E-state index in [0.717, 1.165) is 0 Å². The Labute approximate surface area is 151 Å². The van der Waals surface area contributed by atoms with E-state index in [9.17, 15) is 17.6 Å². The summed E-state index contributed by atoms with van der Waals surface area (Å²) < 4.78 is 41.1. The number of aromatic nitrogens is 1. The normalized spacial score (nSPS) is 16.2. The zero-order valence-electron chi connectivity index (χ0n) is 14.5. The van der Waals surface area contributed by atoms with Gasteiger partial charge < -0.3 is 14.6 Å². The van der Waals surface area contributed by atoms with Gasteiger partial charge in [0.1, 0.15) is 21.7 Å². The first-order valence-corrected chi connectivity index (χ1v) is 10.2. The number of halogens is 1. The van der Waals surface area contributed by atoms with Gasteiger partial charge in [0.15, 0.2) is 5.76 Å². The van der Waals surface area contributed by atoms with Gasteiger partial charge in [0.05, 0.1) is 11.9 Å². The molecule has 2 heterocycles. The Morgan fingerprint density at radius 3 is 2.65 bits per heavy atom. The average molecular weight is 381 g/mol. The van der Waals surface area contributed by atoms with Crippen molar-refractivity contribution in [2.24, 2.45) is 5.92 Å². The van der Waals surface area contributed by atoms with Crippen molar-refractivity contribution in [3.05, 3.63) is 42.2 Å². The molecule has 2 amide bonds. The number of benzene rings is 1. The van der Waals surface area contributed by atoms with E-state index >= 15 is 0 Å². The van der Waals surface area contributed by atoms with E-state index in [-0.39, 0.29) is 23.5 Å². The van der Waals surface area contributed by atoms with Crippen LogP contribution in [-0.2, 0) is 9.84 Å². The topological polar surface area (TPSA) is 92.5 Å². The minimum Gasteiger partial charge on any atom is -0.438 e. The first-order chi connectivity index (χ1) is 12.2. The van der Waals surface area contributed by atoms with Gasteiger partial charge in [-0.2, -0.15) is 0 Å². The van der Waals surface area contributed by atoms with E-state index in [4.69, 9.17) is 4.42 Å². The molecule has 2 aromatic rings. The van der Waals surface area contributed by atoms with E-state index in [1.807, 2.05) is 0 Å². The van der Waals surface area contributed by atoms with Crippen LogP contribution in [0.4, 0.5) is 9.18 Å². The molecular formula is C17H20FN3O4S. The summed E-state index contributed by atoms with van der Waals surface area (Å²) in [7, 11) is -3.03. The standard InChI is InChI=1S/C17H20FN3O4S/c1-11(20-17(22)21-8-12(9-21)10-26(2,23)24)16-19-7-15(25-16)13-3-5-14(18)6-4-13/h3-7,11-12H,8-10H2,1-2H3,(H,20,22). The quantitative estimate of drug-likeness (QED) is 0.857. The molecule has 0 bridgehead atoms. The minimum atomic E-state index is -3.03. The van der Waals surface area contributed by atoms with E-state index in [1.54, 1.807) is 24.0 Å². The second-order valence-electron chi connectivity index (χ2n) is 6.60. The molecule has 0 spiro atoms. The van der Waals surface area contributed by atoms with Crippen molar-refractivity contribution < 1.29 is 22.0 Å². The van der Waals surface area contributed by atoms with Crippen LogP contribution < -0.4 is 5.32 Å². The van der Waals surface area contributed by atoms with Gasteiger partial charge in [0, 0.05) is 30.8 Å². The summed E-state index contributed by atoms with van der Waals surface area (Å²) >= 11 is 0. The lowest BCUT2D eigenvalue weighted by Gasteiger charge is -2.39. The Kier molecular flexibility index (Phi) is 4.99. The number of hydrogen-bond acceptors (Lipinski definition) is 5. The van der Waals surface area contributed by atoms with Crippen molar-refractivity contribution in [1.29, 1.82) is 0 Å². The largest absolute Gasteiger partial charge is 0.438 e. The molecule has 1 saturated heterocycles. The molecule has 0 radical (unpaired) electrons. The first kappa shape index (κ1) is 18.4. The van der Waals surface area contributed by atoms with E-state index < -0.39 is 15.9 Å². The number of amides is 2. The number of hydrogen-bond donors (Lipinski definition) is 1. The highest BCUT2D eigenvalue weighted by Gasteiger charge is 2.33. The molecule has 1 atom stereocenters. The predicted octanol–water partition coefficient (Wildman–Crippen LogP) is 2.23. The van der Waals surface area contributed by atoms with Gasteiger partial charge in [-0.3, -0.25) is 0 Å². The fourth-order valence-corrected chi connectivity index (χ4v) is 3.91. The highest BCUT2D eigenvalue weighted by molar-refractivity contribution is 7.90. The minimum absolute atomic E-state index is 0.0159. The van der Waals surface area contributed by atoms with E-state index in [1.165, 1.54) is 24.6 Å². The molecule has 0 saturated carbocycles. The number of oxazole rings is 1. The van der Waals surface area contributed by atoms with Crippen LogP contribution in [0.2, 0.25) is 0 Å². The Bertz CT molecular complexity index is 889. The molecule has 1 aliphatic heterocycles. The molecule has 1 aromatic heterocycles. The number of nitrogens with zero attached hydrogens (tertiary/aromatic N) is 2. The van der Waals surface area contributed by atoms with Gasteiger partial charge in [-0.05, 0) is 31.2 Å². The maximum absolute atomic E-state index is 13.0. The fraction of sp³-hybridized carbons (Fsp3) is 0.412. The number of carbonyl (C=O) groups excluding carboxylic acids is 1. The van der Waals surface area contributed by atoms with Crippen LogP contribution in [0, 0.1) is 11.7 Å². The Morgan fingerprint density at radius 2 is 2.04 bits per heavy atom. The zero-order chi connectivity index (χ0) is 18.9. The van der Waals surface area contributed by atoms with Crippen LogP contribution >= 0.6 is 0 Å². The Hall–Kier alpha value is -2.42. The Morgan fingerprint density at radius 1 is 1.38 bits per heavy atom. The predicted molar refractivity (Wildman–Crippen MR) is 93.6 cm³/mol. The molecule has 26 heavy (non-hydrogen) atoms. The number of sulfone groups is 1. The van der Waals surface area contributed by atoms with Crippen molar-refractivity contribution in [2.45, 2.75) is 13.0 Å². The summed E-state index contributed by atoms with van der Waals surface area (Å²) in [6.07, 6.45) is 2.72. The lowest BCUT2D eigenvalue weighted by atomic mass is 10.0. The SMILES string of the molecule is CC(NC(=O)N1CC(CS(C)(=O)=O)C1)c1ncc(-c2ccc(F)cc2)o1. The van der Waals surface area contributed by atoms with Crippen LogP contribution in [-0.4, -0.2) is 49.4 Å². The van der Waals surface area contributed by atoms with Crippen LogP contribution in [0.5, 0.6) is 0 Å². The fourth-order valence-electron chi connectivity index (χ4n) is 2.84. The molecule has 1 N–H and O–H groups in total. The molecule has 9 heteroatoms. The van der Waals surface area contributed by atoms with Crippen LogP contribution in [0.15, 0.2) is 34.9 Å². The van der Waals surface area contributed by atoms with Gasteiger partial charge >= 0.3 is 6.03 Å². The number of carbonyl (C=O) groups is 1. The van der Waals surface area contributed by atoms with Crippen LogP contribution in [0.25, 0.3) is 11.3 Å². The van der Waals surface area contributed by atoms with Crippen molar-refractivity contribution >= 4 is 15.9 Å². The number of nitrogens with one attached hydrogen (secondary N) is 1. The molecule has 140 valence electrons. The van der Waals surface area contributed by atoms with E-state index in [2.05, 4.69) is 10.3 Å². The molecular weight excluding hydrogens is 361 g/mol. The maximum atomic E-state index is 13.0. The van der Waals surface area contributed by atoms with Crippen molar-refractivity contribution in [3.8, 4) is 11.3 Å². The van der Waals surface area contributed by atoms with Gasteiger partial charge in [-0.25, -0.2) is 22.6 Å². The van der Waals surface area contributed by atoms with Gasteiger partial charge in [0.25, 0.3) is 0 Å². The second-order valence-corrected chi connectivity index (χ2v) is 8.79. The average Bonchev–Trinajstić information content (AvgIpc) is 3.00. The highest BCUT2D eigenvalue weighted by Crippen LogP contribution is 2.24. The summed E-state index contributed by atoms with van der Waals surface area (Å²) in [5, 5.41) is 2.78. The summed E-state index contributed by atoms with van der Waals surface area (Å²) in [6, 6.07) is 5.10. The third-order valence-corrected chi connectivity index (χ3v) is 5.22. The molecule has 1 aromatic carbocycles. The molecule has 0 aliphatic carbocycles. The van der Waals surface area contributed by atoms with E-state index in [0.29, 0.717) is 30.3 Å². The van der Waals surface area contributed by atoms with Crippen LogP contribution in [0.1, 0.15) is 18.9 Å². The molecule has 1 unspecified atom stereocenters. The molecule has 3 rings (SSSR count). The van der Waals surface area contributed by atoms with Gasteiger partial charge in [-0.15, -0.1) is 0 Å². The van der Waals surface area contributed by atoms with Gasteiger partial charge in [0.2, 0.25) is 5.89 Å².